The van der Waals surface area contributed by atoms with Crippen molar-refractivity contribution in [3.8, 4) is 0 Å². The van der Waals surface area contributed by atoms with Gasteiger partial charge in [0.05, 0.1) is 32.2 Å². The maximum Gasteiger partial charge on any atom is 0.306 e. The van der Waals surface area contributed by atoms with E-state index in [0.717, 1.165) is 0 Å². The van der Waals surface area contributed by atoms with Gasteiger partial charge in [-0.15, -0.1) is 0 Å². The Morgan fingerprint density at radius 1 is 1.65 bits per heavy atom. The molecule has 1 heterocycles. The number of hydrogen-bond acceptors (Lipinski definition) is 6. The summed E-state index contributed by atoms with van der Waals surface area (Å²) in [6.07, 6.45) is -0.490. The van der Waals surface area contributed by atoms with Crippen LogP contribution in [-0.4, -0.2) is 43.0 Å². The fourth-order valence-corrected chi connectivity index (χ4v) is 1.75. The van der Waals surface area contributed by atoms with Crippen molar-refractivity contribution in [2.45, 2.75) is 32.2 Å². The van der Waals surface area contributed by atoms with Crippen molar-refractivity contribution in [2.24, 2.45) is 5.92 Å². The molecular formula is C10H17NO6. The quantitative estimate of drug-likeness (QED) is 0.401. The Bertz CT molecular complexity index is 303. The number of ether oxygens (including phenoxy) is 3. The third-order valence-electron chi connectivity index (χ3n) is 2.60. The monoisotopic (exact) mass is 247 g/mol. The minimum atomic E-state index is -0.754. The van der Waals surface area contributed by atoms with Crippen LogP contribution in [0.2, 0.25) is 0 Å². The lowest BCUT2D eigenvalue weighted by Gasteiger charge is -2.20. The maximum absolute atomic E-state index is 11.2. The van der Waals surface area contributed by atoms with Crippen LogP contribution >= 0.6 is 0 Å². The van der Waals surface area contributed by atoms with E-state index in [1.807, 2.05) is 0 Å². The van der Waals surface area contributed by atoms with Crippen LogP contribution in [-0.2, 0) is 19.0 Å². The number of methoxy groups -OCH3 is 1. The summed E-state index contributed by atoms with van der Waals surface area (Å²) in [4.78, 5) is 21.3. The van der Waals surface area contributed by atoms with E-state index in [1.165, 1.54) is 7.11 Å². The molecule has 0 N–H and O–H groups in total. The van der Waals surface area contributed by atoms with E-state index in [1.54, 1.807) is 13.8 Å². The van der Waals surface area contributed by atoms with Crippen molar-refractivity contribution in [3.63, 3.8) is 0 Å². The summed E-state index contributed by atoms with van der Waals surface area (Å²) >= 11 is 0. The van der Waals surface area contributed by atoms with Crippen molar-refractivity contribution >= 4 is 5.97 Å². The summed E-state index contributed by atoms with van der Waals surface area (Å²) in [5.41, 5.74) is 0. The van der Waals surface area contributed by atoms with Crippen LogP contribution in [0, 0.1) is 16.0 Å². The lowest BCUT2D eigenvalue weighted by atomic mass is 9.99. The first kappa shape index (κ1) is 13.9. The van der Waals surface area contributed by atoms with Gasteiger partial charge in [0.2, 0.25) is 6.54 Å². The summed E-state index contributed by atoms with van der Waals surface area (Å²) in [6, 6.07) is 0. The van der Waals surface area contributed by atoms with E-state index < -0.39 is 28.7 Å². The molecule has 0 saturated carbocycles. The molecule has 17 heavy (non-hydrogen) atoms. The number of rotatable bonds is 5. The van der Waals surface area contributed by atoms with Gasteiger partial charge >= 0.3 is 5.97 Å². The smallest absolute Gasteiger partial charge is 0.306 e. The second-order valence-electron chi connectivity index (χ2n) is 4.42. The van der Waals surface area contributed by atoms with E-state index in [4.69, 9.17) is 9.47 Å². The van der Waals surface area contributed by atoms with Crippen LogP contribution in [0.15, 0.2) is 0 Å². The fourth-order valence-electron chi connectivity index (χ4n) is 1.75. The van der Waals surface area contributed by atoms with Crippen molar-refractivity contribution in [1.82, 2.24) is 0 Å². The van der Waals surface area contributed by atoms with E-state index in [-0.39, 0.29) is 19.6 Å². The number of nitrogens with zero attached hydrogens (tertiary/aromatic N) is 1. The summed E-state index contributed by atoms with van der Waals surface area (Å²) in [5, 5.41) is 10.6. The lowest BCUT2D eigenvalue weighted by Crippen LogP contribution is -2.33. The molecule has 0 aromatic rings. The highest BCUT2D eigenvalue weighted by Gasteiger charge is 2.40. The Balaban J connectivity index is 2.63. The number of nitro groups is 1. The zero-order valence-corrected chi connectivity index (χ0v) is 10.2. The van der Waals surface area contributed by atoms with Crippen molar-refractivity contribution in [2.75, 3.05) is 20.3 Å². The molecule has 0 unspecified atom stereocenters. The summed E-state index contributed by atoms with van der Waals surface area (Å²) in [7, 11) is 1.25. The molecule has 98 valence electrons. The Morgan fingerprint density at radius 3 is 2.71 bits per heavy atom. The van der Waals surface area contributed by atoms with E-state index in [9.17, 15) is 14.9 Å². The number of hydrogen-bond donors (Lipinski definition) is 0. The molecule has 0 aliphatic carbocycles. The van der Waals surface area contributed by atoms with Gasteiger partial charge in [-0.2, -0.15) is 0 Å². The second-order valence-corrected chi connectivity index (χ2v) is 4.42. The van der Waals surface area contributed by atoms with Crippen LogP contribution in [0.25, 0.3) is 0 Å². The van der Waals surface area contributed by atoms with Gasteiger partial charge in [0, 0.05) is 4.92 Å². The van der Waals surface area contributed by atoms with Gasteiger partial charge in [0.25, 0.3) is 0 Å². The number of esters is 1. The van der Waals surface area contributed by atoms with Gasteiger partial charge in [-0.25, -0.2) is 0 Å². The predicted molar refractivity (Wildman–Crippen MR) is 56.9 cm³/mol. The molecule has 0 radical (unpaired) electrons. The van der Waals surface area contributed by atoms with Gasteiger partial charge in [-0.1, -0.05) is 0 Å². The van der Waals surface area contributed by atoms with Crippen LogP contribution in [0.3, 0.4) is 0 Å². The molecule has 7 heteroatoms. The predicted octanol–water partition coefficient (Wildman–Crippen LogP) is 0.594. The molecule has 1 aliphatic heterocycles. The van der Waals surface area contributed by atoms with Gasteiger partial charge in [-0.05, 0) is 13.8 Å². The first-order valence-corrected chi connectivity index (χ1v) is 5.34. The van der Waals surface area contributed by atoms with Crippen LogP contribution in [0.1, 0.15) is 20.3 Å². The van der Waals surface area contributed by atoms with E-state index in [0.29, 0.717) is 0 Å². The average Bonchev–Trinajstić information content (AvgIpc) is 2.57. The molecule has 1 aliphatic rings. The summed E-state index contributed by atoms with van der Waals surface area (Å²) in [5.74, 6) is -1.76. The van der Waals surface area contributed by atoms with E-state index in [2.05, 4.69) is 4.74 Å². The van der Waals surface area contributed by atoms with Crippen molar-refractivity contribution < 1.29 is 23.9 Å². The van der Waals surface area contributed by atoms with Crippen LogP contribution in [0.4, 0.5) is 0 Å². The second kappa shape index (κ2) is 5.42. The summed E-state index contributed by atoms with van der Waals surface area (Å²) in [6.45, 7) is 3.38. The van der Waals surface area contributed by atoms with Gasteiger partial charge < -0.3 is 14.2 Å². The molecule has 1 saturated heterocycles. The number of carbonyl (C=O) groups is 1. The largest absolute Gasteiger partial charge is 0.469 e. The fraction of sp³-hybridized carbons (Fsp3) is 0.900. The van der Waals surface area contributed by atoms with Crippen molar-refractivity contribution in [1.29, 1.82) is 0 Å². The highest BCUT2D eigenvalue weighted by atomic mass is 16.7. The zero-order chi connectivity index (χ0) is 13.1. The molecule has 0 aromatic carbocycles. The lowest BCUT2D eigenvalue weighted by molar-refractivity contribution is -0.490. The molecular weight excluding hydrogens is 230 g/mol. The molecule has 1 rings (SSSR count). The Labute approximate surface area is 99.2 Å². The Hall–Kier alpha value is -1.21. The first-order valence-electron chi connectivity index (χ1n) is 5.34. The van der Waals surface area contributed by atoms with Gasteiger partial charge in [0.15, 0.2) is 5.79 Å². The van der Waals surface area contributed by atoms with Gasteiger partial charge in [-0.3, -0.25) is 14.9 Å². The molecule has 1 fully saturated rings. The highest BCUT2D eigenvalue weighted by molar-refractivity contribution is 5.69. The molecule has 0 spiro atoms. The Kier molecular flexibility index (Phi) is 4.41. The SMILES string of the molecule is COC(=O)C[C@@H](C[N+](=O)[O-])[C@H]1COC(C)(C)O1. The molecule has 0 amide bonds. The number of carbonyl (C=O) groups excluding carboxylic acids is 1. The van der Waals surface area contributed by atoms with Crippen molar-refractivity contribution in [3.05, 3.63) is 10.1 Å². The third kappa shape index (κ3) is 4.27. The molecule has 2 atom stereocenters. The maximum atomic E-state index is 11.2. The molecule has 7 nitrogen and oxygen atoms in total. The minimum absolute atomic E-state index is 0.0401. The molecule has 0 bridgehead atoms. The van der Waals surface area contributed by atoms with Crippen LogP contribution in [0.5, 0.6) is 0 Å². The summed E-state index contributed by atoms with van der Waals surface area (Å²) < 4.78 is 15.4. The normalized spacial score (nSPS) is 24.3. The standard InChI is InChI=1S/C10H17NO6/c1-10(2)16-6-8(17-10)7(5-11(13)14)4-9(12)15-3/h7-8H,4-6H2,1-3H3/t7-,8+/m0/s1. The third-order valence-corrected chi connectivity index (χ3v) is 2.60. The van der Waals surface area contributed by atoms with Crippen LogP contribution < -0.4 is 0 Å². The minimum Gasteiger partial charge on any atom is -0.469 e. The molecule has 0 aromatic heterocycles. The highest BCUT2D eigenvalue weighted by Crippen LogP contribution is 2.28. The Morgan fingerprint density at radius 2 is 2.29 bits per heavy atom. The average molecular weight is 247 g/mol. The topological polar surface area (TPSA) is 87.9 Å². The van der Waals surface area contributed by atoms with Gasteiger partial charge in [0.1, 0.15) is 0 Å². The first-order chi connectivity index (χ1) is 7.84. The van der Waals surface area contributed by atoms with E-state index >= 15 is 0 Å². The zero-order valence-electron chi connectivity index (χ0n) is 10.2.